The topological polar surface area (TPSA) is 85.4 Å². The summed E-state index contributed by atoms with van der Waals surface area (Å²) in [6.45, 7) is 0.496. The number of methoxy groups -OCH3 is 2. The van der Waals surface area contributed by atoms with Crippen LogP contribution in [0.15, 0.2) is 54.9 Å². The lowest BCUT2D eigenvalue weighted by Crippen LogP contribution is -2.14. The van der Waals surface area contributed by atoms with Crippen molar-refractivity contribution in [1.82, 2.24) is 9.97 Å². The van der Waals surface area contributed by atoms with E-state index >= 15 is 0 Å². The lowest BCUT2D eigenvalue weighted by atomic mass is 10.2. The third-order valence-corrected chi connectivity index (χ3v) is 4.18. The van der Waals surface area contributed by atoms with Crippen molar-refractivity contribution in [2.24, 2.45) is 0 Å². The quantitative estimate of drug-likeness (QED) is 0.625. The van der Waals surface area contributed by atoms with Crippen molar-refractivity contribution < 1.29 is 14.3 Å². The summed E-state index contributed by atoms with van der Waals surface area (Å²) in [6.07, 6.45) is 1.34. The van der Waals surface area contributed by atoms with Crippen molar-refractivity contribution in [3.8, 4) is 11.5 Å². The Kier molecular flexibility index (Phi) is 6.29. The van der Waals surface area contributed by atoms with Gasteiger partial charge in [0.2, 0.25) is 0 Å². The van der Waals surface area contributed by atoms with Crippen molar-refractivity contribution in [3.63, 3.8) is 0 Å². The molecule has 1 amide bonds. The normalized spacial score (nSPS) is 10.2. The third-order valence-electron chi connectivity index (χ3n) is 3.92. The van der Waals surface area contributed by atoms with E-state index in [-0.39, 0.29) is 11.6 Å². The molecular formula is C20H19ClN4O3. The van der Waals surface area contributed by atoms with E-state index in [9.17, 15) is 4.79 Å². The number of ether oxygens (including phenoxy) is 2. The molecule has 0 fully saturated rings. The van der Waals surface area contributed by atoms with E-state index < -0.39 is 0 Å². The molecule has 7 nitrogen and oxygen atoms in total. The van der Waals surface area contributed by atoms with E-state index in [0.29, 0.717) is 34.6 Å². The number of amides is 1. The zero-order valence-corrected chi connectivity index (χ0v) is 16.2. The Morgan fingerprint density at radius 1 is 1.00 bits per heavy atom. The first kappa shape index (κ1) is 19.4. The van der Waals surface area contributed by atoms with Gasteiger partial charge in [-0.1, -0.05) is 17.7 Å². The monoisotopic (exact) mass is 398 g/mol. The van der Waals surface area contributed by atoms with Crippen LogP contribution in [0, 0.1) is 0 Å². The fourth-order valence-electron chi connectivity index (χ4n) is 2.49. The average molecular weight is 399 g/mol. The Morgan fingerprint density at radius 3 is 2.46 bits per heavy atom. The van der Waals surface area contributed by atoms with Gasteiger partial charge in [-0.2, -0.15) is 0 Å². The summed E-state index contributed by atoms with van der Waals surface area (Å²) < 4.78 is 10.5. The molecule has 0 aliphatic heterocycles. The highest BCUT2D eigenvalue weighted by molar-refractivity contribution is 6.30. The molecule has 0 spiro atoms. The van der Waals surface area contributed by atoms with E-state index in [2.05, 4.69) is 20.6 Å². The van der Waals surface area contributed by atoms with Gasteiger partial charge in [0, 0.05) is 23.3 Å². The Bertz CT molecular complexity index is 964. The van der Waals surface area contributed by atoms with E-state index in [0.717, 1.165) is 5.56 Å². The van der Waals surface area contributed by atoms with Gasteiger partial charge in [-0.25, -0.2) is 9.97 Å². The highest BCUT2D eigenvalue weighted by Crippen LogP contribution is 2.27. The molecule has 0 saturated heterocycles. The predicted octanol–water partition coefficient (Wildman–Crippen LogP) is 4.01. The second-order valence-corrected chi connectivity index (χ2v) is 6.23. The molecule has 1 aromatic heterocycles. The summed E-state index contributed by atoms with van der Waals surface area (Å²) >= 11 is 5.85. The van der Waals surface area contributed by atoms with Gasteiger partial charge in [0.15, 0.2) is 11.5 Å². The minimum atomic E-state index is -0.334. The summed E-state index contributed by atoms with van der Waals surface area (Å²) in [5.41, 5.74) is 1.86. The molecule has 144 valence electrons. The number of hydrogen-bond donors (Lipinski definition) is 2. The van der Waals surface area contributed by atoms with Crippen LogP contribution < -0.4 is 20.1 Å². The van der Waals surface area contributed by atoms with Crippen molar-refractivity contribution in [2.45, 2.75) is 6.54 Å². The maximum atomic E-state index is 12.4. The smallest absolute Gasteiger partial charge is 0.274 e. The summed E-state index contributed by atoms with van der Waals surface area (Å²) in [7, 11) is 3.18. The van der Waals surface area contributed by atoms with Crippen LogP contribution in [0.25, 0.3) is 0 Å². The van der Waals surface area contributed by atoms with Crippen LogP contribution in [0.4, 0.5) is 11.5 Å². The van der Waals surface area contributed by atoms with E-state index in [1.807, 2.05) is 18.2 Å². The van der Waals surface area contributed by atoms with E-state index in [4.69, 9.17) is 21.1 Å². The molecule has 2 N–H and O–H groups in total. The first-order valence-corrected chi connectivity index (χ1v) is 8.80. The molecule has 0 bridgehead atoms. The minimum absolute atomic E-state index is 0.250. The lowest BCUT2D eigenvalue weighted by Gasteiger charge is -2.11. The van der Waals surface area contributed by atoms with E-state index in [1.165, 1.54) is 6.33 Å². The number of hydrogen-bond acceptors (Lipinski definition) is 6. The van der Waals surface area contributed by atoms with Crippen LogP contribution >= 0.6 is 11.6 Å². The third kappa shape index (κ3) is 4.89. The molecule has 8 heteroatoms. The van der Waals surface area contributed by atoms with Crippen LogP contribution in [0.5, 0.6) is 11.5 Å². The predicted molar refractivity (Wildman–Crippen MR) is 108 cm³/mol. The van der Waals surface area contributed by atoms with Crippen LogP contribution in [-0.4, -0.2) is 30.1 Å². The molecule has 28 heavy (non-hydrogen) atoms. The Labute approximate surface area is 167 Å². The summed E-state index contributed by atoms with van der Waals surface area (Å²) in [6, 6.07) is 14.1. The Morgan fingerprint density at radius 2 is 1.75 bits per heavy atom. The largest absolute Gasteiger partial charge is 0.493 e. The first-order valence-electron chi connectivity index (χ1n) is 8.43. The highest BCUT2D eigenvalue weighted by Gasteiger charge is 2.10. The number of halogens is 1. The van der Waals surface area contributed by atoms with Crippen LogP contribution in [-0.2, 0) is 6.54 Å². The number of carbonyl (C=O) groups excluding carboxylic acids is 1. The second kappa shape index (κ2) is 9.05. The van der Waals surface area contributed by atoms with Crippen LogP contribution in [0.3, 0.4) is 0 Å². The van der Waals surface area contributed by atoms with Crippen LogP contribution in [0.1, 0.15) is 16.1 Å². The van der Waals surface area contributed by atoms with Gasteiger partial charge in [0.05, 0.1) is 14.2 Å². The molecule has 2 aromatic carbocycles. The second-order valence-electron chi connectivity index (χ2n) is 5.79. The first-order chi connectivity index (χ1) is 13.6. The maximum Gasteiger partial charge on any atom is 0.274 e. The number of aromatic nitrogens is 2. The van der Waals surface area contributed by atoms with Gasteiger partial charge in [-0.3, -0.25) is 4.79 Å². The number of benzene rings is 2. The molecule has 0 aliphatic rings. The number of nitrogens with zero attached hydrogens (tertiary/aromatic N) is 2. The number of carbonyl (C=O) groups is 1. The van der Waals surface area contributed by atoms with E-state index in [1.54, 1.807) is 44.6 Å². The minimum Gasteiger partial charge on any atom is -0.493 e. The Balaban J connectivity index is 1.66. The molecular weight excluding hydrogens is 380 g/mol. The zero-order chi connectivity index (χ0) is 19.9. The summed E-state index contributed by atoms with van der Waals surface area (Å²) in [5, 5.41) is 6.54. The summed E-state index contributed by atoms with van der Waals surface area (Å²) in [4.78, 5) is 20.6. The highest BCUT2D eigenvalue weighted by atomic mass is 35.5. The van der Waals surface area contributed by atoms with Gasteiger partial charge in [0.1, 0.15) is 17.8 Å². The van der Waals surface area contributed by atoms with Gasteiger partial charge >= 0.3 is 0 Å². The molecule has 0 aliphatic carbocycles. The fourth-order valence-corrected chi connectivity index (χ4v) is 2.62. The van der Waals surface area contributed by atoms with Crippen molar-refractivity contribution in [2.75, 3.05) is 24.9 Å². The molecule has 1 heterocycles. The lowest BCUT2D eigenvalue weighted by molar-refractivity contribution is 0.102. The van der Waals surface area contributed by atoms with Crippen LogP contribution in [0.2, 0.25) is 5.02 Å². The van der Waals surface area contributed by atoms with Crippen molar-refractivity contribution in [1.29, 1.82) is 0 Å². The molecule has 0 atom stereocenters. The zero-order valence-electron chi connectivity index (χ0n) is 15.4. The maximum absolute atomic E-state index is 12.4. The van der Waals surface area contributed by atoms with Gasteiger partial charge in [0.25, 0.3) is 5.91 Å². The van der Waals surface area contributed by atoms with Gasteiger partial charge in [-0.15, -0.1) is 0 Å². The summed E-state index contributed by atoms with van der Waals surface area (Å²) in [5.74, 6) is 1.51. The molecule has 0 radical (unpaired) electrons. The number of anilines is 2. The van der Waals surface area contributed by atoms with Crippen molar-refractivity contribution >= 4 is 29.0 Å². The van der Waals surface area contributed by atoms with Gasteiger partial charge in [-0.05, 0) is 42.0 Å². The molecule has 0 unspecified atom stereocenters. The Hall–Kier alpha value is -3.32. The SMILES string of the molecule is COc1ccc(CNc2cc(C(=O)Nc3ccc(Cl)cc3)ncn2)cc1OC. The molecule has 0 saturated carbocycles. The number of rotatable bonds is 7. The standard InChI is InChI=1S/C20H19ClN4O3/c1-27-17-8-3-13(9-18(17)28-2)11-22-19-10-16(23-12-24-19)20(26)25-15-6-4-14(21)5-7-15/h3-10,12H,11H2,1-2H3,(H,25,26)(H,22,23,24). The number of nitrogens with one attached hydrogen (secondary N) is 2. The molecule has 3 aromatic rings. The van der Waals surface area contributed by atoms with Crippen molar-refractivity contribution in [3.05, 3.63) is 71.1 Å². The molecule has 3 rings (SSSR count). The fraction of sp³-hybridized carbons (Fsp3) is 0.150. The van der Waals surface area contributed by atoms with Gasteiger partial charge < -0.3 is 20.1 Å². The average Bonchev–Trinajstić information content (AvgIpc) is 2.73.